The van der Waals surface area contributed by atoms with Crippen LogP contribution < -0.4 is 10.6 Å². The number of hydrogen-bond donors (Lipinski definition) is 2. The Morgan fingerprint density at radius 2 is 1.63 bits per heavy atom. The number of carbonyl (C=O) groups excluding carboxylic acids is 2. The number of nitrogens with one attached hydrogen (secondary N) is 2. The van der Waals surface area contributed by atoms with Gasteiger partial charge in [-0.25, -0.2) is 9.97 Å². The van der Waals surface area contributed by atoms with Gasteiger partial charge < -0.3 is 10.6 Å². The van der Waals surface area contributed by atoms with Gasteiger partial charge in [0.05, 0.1) is 17.0 Å². The third-order valence-corrected chi connectivity index (χ3v) is 4.55. The van der Waals surface area contributed by atoms with Crippen molar-refractivity contribution in [3.63, 3.8) is 0 Å². The molecule has 8 heteroatoms. The smallest absolute Gasteiger partial charge is 0.257 e. The molecule has 0 radical (unpaired) electrons. The minimum absolute atomic E-state index is 0.136. The van der Waals surface area contributed by atoms with Gasteiger partial charge in [0.25, 0.3) is 5.91 Å². The Morgan fingerprint density at radius 3 is 2.37 bits per heavy atom. The van der Waals surface area contributed by atoms with Crippen LogP contribution in [0.15, 0.2) is 72.1 Å². The first kappa shape index (κ1) is 18.9. The van der Waals surface area contributed by atoms with Crippen LogP contribution in [0.4, 0.5) is 11.4 Å². The summed E-state index contributed by atoms with van der Waals surface area (Å²) in [6.45, 7) is 0. The van der Waals surface area contributed by atoms with Crippen LogP contribution >= 0.6 is 23.4 Å². The van der Waals surface area contributed by atoms with Crippen molar-refractivity contribution >= 4 is 46.6 Å². The summed E-state index contributed by atoms with van der Waals surface area (Å²) < 4.78 is 0. The molecule has 0 aliphatic carbocycles. The zero-order valence-electron chi connectivity index (χ0n) is 14.1. The molecule has 0 aliphatic heterocycles. The molecule has 6 nitrogen and oxygen atoms in total. The molecular weight excluding hydrogens is 384 g/mol. The maximum atomic E-state index is 12.6. The third kappa shape index (κ3) is 5.54. The predicted octanol–water partition coefficient (Wildman–Crippen LogP) is 4.11. The number of carbonyl (C=O) groups is 2. The molecule has 1 aromatic heterocycles. The van der Waals surface area contributed by atoms with E-state index in [-0.39, 0.29) is 17.6 Å². The molecule has 0 bridgehead atoms. The highest BCUT2D eigenvalue weighted by Gasteiger charge is 2.14. The van der Waals surface area contributed by atoms with E-state index in [9.17, 15) is 9.59 Å². The van der Waals surface area contributed by atoms with Gasteiger partial charge in [-0.1, -0.05) is 35.5 Å². The van der Waals surface area contributed by atoms with Crippen LogP contribution in [0.25, 0.3) is 0 Å². The van der Waals surface area contributed by atoms with Crippen LogP contribution in [0.2, 0.25) is 5.02 Å². The third-order valence-electron chi connectivity index (χ3n) is 3.42. The summed E-state index contributed by atoms with van der Waals surface area (Å²) in [5, 5.41) is 6.64. The lowest BCUT2D eigenvalue weighted by Crippen LogP contribution is -2.19. The standard InChI is InChI=1S/C19H15ClN4O2S/c20-13-6-8-14(9-7-13)23-18(26)15-4-1-2-5-16(15)24-17(25)12-27-19-21-10-3-11-22-19/h1-11H,12H2,(H,23,26)(H,24,25). The summed E-state index contributed by atoms with van der Waals surface area (Å²) in [4.78, 5) is 32.9. The highest BCUT2D eigenvalue weighted by Crippen LogP contribution is 2.20. The Hall–Kier alpha value is -2.90. The second-order valence-corrected chi connectivity index (χ2v) is 6.75. The highest BCUT2D eigenvalue weighted by molar-refractivity contribution is 7.99. The quantitative estimate of drug-likeness (QED) is 0.482. The van der Waals surface area contributed by atoms with Gasteiger partial charge >= 0.3 is 0 Å². The molecule has 3 rings (SSSR count). The average molecular weight is 399 g/mol. The van der Waals surface area contributed by atoms with E-state index < -0.39 is 0 Å². The van der Waals surface area contributed by atoms with E-state index in [0.29, 0.717) is 27.1 Å². The van der Waals surface area contributed by atoms with E-state index in [2.05, 4.69) is 20.6 Å². The molecule has 136 valence electrons. The zero-order chi connectivity index (χ0) is 19.1. The summed E-state index contributed by atoms with van der Waals surface area (Å²) in [7, 11) is 0. The van der Waals surface area contributed by atoms with Gasteiger partial charge in [-0.05, 0) is 42.5 Å². The fourth-order valence-corrected chi connectivity index (χ4v) is 2.93. The lowest BCUT2D eigenvalue weighted by atomic mass is 10.1. The van der Waals surface area contributed by atoms with Crippen molar-refractivity contribution in [2.45, 2.75) is 5.16 Å². The van der Waals surface area contributed by atoms with E-state index in [4.69, 9.17) is 11.6 Å². The summed E-state index contributed by atoms with van der Waals surface area (Å²) in [6, 6.07) is 15.3. The maximum absolute atomic E-state index is 12.6. The molecule has 3 aromatic rings. The Balaban J connectivity index is 1.65. The highest BCUT2D eigenvalue weighted by atomic mass is 35.5. The molecule has 0 fully saturated rings. The van der Waals surface area contributed by atoms with E-state index in [1.165, 1.54) is 11.8 Å². The van der Waals surface area contributed by atoms with Crippen molar-refractivity contribution in [1.82, 2.24) is 9.97 Å². The molecule has 0 saturated carbocycles. The SMILES string of the molecule is O=C(CSc1ncccn1)Nc1ccccc1C(=O)Nc1ccc(Cl)cc1. The molecule has 0 unspecified atom stereocenters. The molecule has 2 N–H and O–H groups in total. The number of nitrogens with zero attached hydrogens (tertiary/aromatic N) is 2. The number of hydrogen-bond acceptors (Lipinski definition) is 5. The van der Waals surface area contributed by atoms with Crippen LogP contribution in [0.1, 0.15) is 10.4 Å². The van der Waals surface area contributed by atoms with Crippen molar-refractivity contribution < 1.29 is 9.59 Å². The van der Waals surface area contributed by atoms with Crippen molar-refractivity contribution in [2.24, 2.45) is 0 Å². The first-order valence-electron chi connectivity index (χ1n) is 7.97. The van der Waals surface area contributed by atoms with Crippen molar-refractivity contribution in [3.8, 4) is 0 Å². The van der Waals surface area contributed by atoms with Gasteiger partial charge in [0.15, 0.2) is 5.16 Å². The number of amides is 2. The fourth-order valence-electron chi connectivity index (χ4n) is 2.20. The summed E-state index contributed by atoms with van der Waals surface area (Å²) in [5.41, 5.74) is 1.41. The van der Waals surface area contributed by atoms with Crippen molar-refractivity contribution in [2.75, 3.05) is 16.4 Å². The van der Waals surface area contributed by atoms with Gasteiger partial charge in [-0.2, -0.15) is 0 Å². The topological polar surface area (TPSA) is 84.0 Å². The number of benzene rings is 2. The summed E-state index contributed by atoms with van der Waals surface area (Å²) >= 11 is 7.07. The normalized spacial score (nSPS) is 10.3. The zero-order valence-corrected chi connectivity index (χ0v) is 15.6. The van der Waals surface area contributed by atoms with E-state index in [1.807, 2.05) is 0 Å². The average Bonchev–Trinajstić information content (AvgIpc) is 2.69. The monoisotopic (exact) mass is 398 g/mol. The van der Waals surface area contributed by atoms with Crippen LogP contribution in [0, 0.1) is 0 Å². The number of anilines is 2. The van der Waals surface area contributed by atoms with Gasteiger partial charge in [0.2, 0.25) is 5.91 Å². The number of thioether (sulfide) groups is 1. The Morgan fingerprint density at radius 1 is 0.926 bits per heavy atom. The molecule has 2 amide bonds. The number of para-hydroxylation sites is 1. The second kappa shape index (κ2) is 9.16. The minimum atomic E-state index is -0.327. The number of rotatable bonds is 6. The Kier molecular flexibility index (Phi) is 6.40. The van der Waals surface area contributed by atoms with Crippen LogP contribution in [0.5, 0.6) is 0 Å². The van der Waals surface area contributed by atoms with E-state index in [1.54, 1.807) is 67.0 Å². The summed E-state index contributed by atoms with van der Waals surface area (Å²) in [6.07, 6.45) is 3.23. The number of halogens is 1. The van der Waals surface area contributed by atoms with Gasteiger partial charge in [-0.3, -0.25) is 9.59 Å². The molecule has 0 aliphatic rings. The second-order valence-electron chi connectivity index (χ2n) is 5.37. The first-order chi connectivity index (χ1) is 13.1. The molecule has 27 heavy (non-hydrogen) atoms. The molecule has 2 aromatic carbocycles. The molecular formula is C19H15ClN4O2S. The van der Waals surface area contributed by atoms with Crippen molar-refractivity contribution in [1.29, 1.82) is 0 Å². The lowest BCUT2D eigenvalue weighted by Gasteiger charge is -2.11. The first-order valence-corrected chi connectivity index (χ1v) is 9.34. The van der Waals surface area contributed by atoms with Crippen LogP contribution in [0.3, 0.4) is 0 Å². The number of aromatic nitrogens is 2. The maximum Gasteiger partial charge on any atom is 0.257 e. The fraction of sp³-hybridized carbons (Fsp3) is 0.0526. The van der Waals surface area contributed by atoms with Crippen LogP contribution in [-0.4, -0.2) is 27.5 Å². The van der Waals surface area contributed by atoms with Crippen LogP contribution in [-0.2, 0) is 4.79 Å². The molecule has 0 saturated heterocycles. The van der Waals surface area contributed by atoms with E-state index >= 15 is 0 Å². The van der Waals surface area contributed by atoms with Crippen molar-refractivity contribution in [3.05, 3.63) is 77.6 Å². The van der Waals surface area contributed by atoms with Gasteiger partial charge in [0, 0.05) is 23.1 Å². The van der Waals surface area contributed by atoms with Gasteiger partial charge in [0.1, 0.15) is 0 Å². The van der Waals surface area contributed by atoms with E-state index in [0.717, 1.165) is 0 Å². The Labute approximate surface area is 165 Å². The van der Waals surface area contributed by atoms with Gasteiger partial charge in [-0.15, -0.1) is 0 Å². The predicted molar refractivity (Wildman–Crippen MR) is 107 cm³/mol. The minimum Gasteiger partial charge on any atom is -0.325 e. The Bertz CT molecular complexity index is 936. The summed E-state index contributed by atoms with van der Waals surface area (Å²) in [5.74, 6) is -0.441. The molecule has 0 atom stereocenters. The molecule has 0 spiro atoms. The molecule has 1 heterocycles. The lowest BCUT2D eigenvalue weighted by molar-refractivity contribution is -0.113. The largest absolute Gasteiger partial charge is 0.325 e.